The van der Waals surface area contributed by atoms with Gasteiger partial charge in [-0.2, -0.15) is 13.2 Å². The monoisotopic (exact) mass is 347 g/mol. The van der Waals surface area contributed by atoms with Crippen molar-refractivity contribution < 1.29 is 32.2 Å². The lowest BCUT2D eigenvalue weighted by atomic mass is 9.65. The number of hydrogen-bond donors (Lipinski definition) is 1. The maximum Gasteiger partial charge on any atom is 0.392 e. The van der Waals surface area contributed by atoms with Crippen molar-refractivity contribution >= 4 is 5.97 Å². The number of carbonyl (C=O) groups is 1. The largest absolute Gasteiger partial charge is 0.478 e. The van der Waals surface area contributed by atoms with E-state index in [4.69, 9.17) is 14.3 Å². The van der Waals surface area contributed by atoms with Gasteiger partial charge in [0, 0.05) is 19.8 Å². The first kappa shape index (κ1) is 17.3. The Hall–Kier alpha value is -1.54. The number of furan rings is 1. The smallest absolute Gasteiger partial charge is 0.392 e. The molecule has 0 aromatic carbocycles. The molecule has 1 N–H and O–H groups in total. The highest BCUT2D eigenvalue weighted by molar-refractivity contribution is 5.88. The molecule has 1 atom stereocenters. The summed E-state index contributed by atoms with van der Waals surface area (Å²) >= 11 is 0. The number of rotatable bonds is 3. The Morgan fingerprint density at radius 1 is 1.38 bits per heavy atom. The Bertz CT molecular complexity index is 592. The molecule has 1 unspecified atom stereocenters. The van der Waals surface area contributed by atoms with Gasteiger partial charge in [0.1, 0.15) is 11.3 Å². The van der Waals surface area contributed by atoms with Crippen LogP contribution in [0.5, 0.6) is 0 Å². The topological polar surface area (TPSA) is 62.9 Å². The van der Waals surface area contributed by atoms with E-state index >= 15 is 0 Å². The van der Waals surface area contributed by atoms with Crippen LogP contribution < -0.4 is 0 Å². The summed E-state index contributed by atoms with van der Waals surface area (Å²) in [5.74, 6) is -2.14. The van der Waals surface area contributed by atoms with E-state index in [1.165, 1.54) is 12.3 Å². The van der Waals surface area contributed by atoms with Crippen molar-refractivity contribution in [1.29, 1.82) is 0 Å². The van der Waals surface area contributed by atoms with Crippen LogP contribution in [-0.4, -0.2) is 48.5 Å². The SMILES string of the molecule is O=C(O)c1ccoc1CN1CCC(C(F)(F)F)C2(CCOCC2)C1. The van der Waals surface area contributed by atoms with Gasteiger partial charge in [-0.3, -0.25) is 4.90 Å². The van der Waals surface area contributed by atoms with E-state index in [2.05, 4.69) is 0 Å². The number of piperidine rings is 1. The molecule has 2 aliphatic rings. The third-order valence-electron chi connectivity index (χ3n) is 5.24. The number of nitrogens with zero attached hydrogens (tertiary/aromatic N) is 1. The number of alkyl halides is 3. The number of halogens is 3. The van der Waals surface area contributed by atoms with Crippen LogP contribution in [0.3, 0.4) is 0 Å². The molecule has 2 saturated heterocycles. The van der Waals surface area contributed by atoms with Gasteiger partial charge in [0.05, 0.1) is 18.7 Å². The Labute approximate surface area is 137 Å². The molecule has 1 aromatic heterocycles. The van der Waals surface area contributed by atoms with E-state index in [1.807, 2.05) is 4.90 Å². The molecule has 0 saturated carbocycles. The third-order valence-corrected chi connectivity index (χ3v) is 5.24. The predicted molar refractivity (Wildman–Crippen MR) is 77.6 cm³/mol. The quantitative estimate of drug-likeness (QED) is 0.910. The van der Waals surface area contributed by atoms with Gasteiger partial charge >= 0.3 is 12.1 Å². The molecule has 0 amide bonds. The van der Waals surface area contributed by atoms with Crippen molar-refractivity contribution in [2.75, 3.05) is 26.3 Å². The van der Waals surface area contributed by atoms with Crippen LogP contribution in [0.25, 0.3) is 0 Å². The Morgan fingerprint density at radius 3 is 2.71 bits per heavy atom. The highest BCUT2D eigenvalue weighted by Gasteiger charge is 2.55. The lowest BCUT2D eigenvalue weighted by Crippen LogP contribution is -2.55. The van der Waals surface area contributed by atoms with E-state index in [-0.39, 0.29) is 37.4 Å². The summed E-state index contributed by atoms with van der Waals surface area (Å²) in [6, 6.07) is 1.37. The van der Waals surface area contributed by atoms with Crippen LogP contribution in [0, 0.1) is 11.3 Å². The maximum atomic E-state index is 13.5. The summed E-state index contributed by atoms with van der Waals surface area (Å²) in [7, 11) is 0. The third kappa shape index (κ3) is 3.30. The molecular weight excluding hydrogens is 327 g/mol. The van der Waals surface area contributed by atoms with Gasteiger partial charge in [0.25, 0.3) is 0 Å². The molecule has 0 radical (unpaired) electrons. The molecule has 1 spiro atoms. The first-order valence-electron chi connectivity index (χ1n) is 7.98. The highest BCUT2D eigenvalue weighted by atomic mass is 19.4. The van der Waals surface area contributed by atoms with E-state index in [0.29, 0.717) is 26.1 Å². The average Bonchev–Trinajstić information content (AvgIpc) is 2.95. The zero-order chi connectivity index (χ0) is 17.4. The first-order valence-corrected chi connectivity index (χ1v) is 7.98. The fraction of sp³-hybridized carbons (Fsp3) is 0.688. The van der Waals surface area contributed by atoms with Crippen LogP contribution in [0.4, 0.5) is 13.2 Å². The van der Waals surface area contributed by atoms with Crippen molar-refractivity contribution in [1.82, 2.24) is 4.90 Å². The summed E-state index contributed by atoms with van der Waals surface area (Å²) in [6.45, 7) is 1.43. The summed E-state index contributed by atoms with van der Waals surface area (Å²) < 4.78 is 51.0. The Morgan fingerprint density at radius 2 is 2.08 bits per heavy atom. The van der Waals surface area contributed by atoms with E-state index in [1.54, 1.807) is 0 Å². The van der Waals surface area contributed by atoms with Crippen molar-refractivity contribution in [2.45, 2.75) is 32.0 Å². The van der Waals surface area contributed by atoms with E-state index < -0.39 is 23.5 Å². The summed E-state index contributed by atoms with van der Waals surface area (Å²) in [5, 5.41) is 9.13. The fourth-order valence-electron chi connectivity index (χ4n) is 4.04. The van der Waals surface area contributed by atoms with Crippen LogP contribution >= 0.6 is 0 Å². The Balaban J connectivity index is 1.78. The predicted octanol–water partition coefficient (Wildman–Crippen LogP) is 3.16. The van der Waals surface area contributed by atoms with Crippen molar-refractivity contribution in [2.24, 2.45) is 11.3 Å². The molecule has 2 fully saturated rings. The van der Waals surface area contributed by atoms with Gasteiger partial charge in [-0.25, -0.2) is 4.79 Å². The number of hydrogen-bond acceptors (Lipinski definition) is 4. The van der Waals surface area contributed by atoms with Gasteiger partial charge in [0.2, 0.25) is 0 Å². The summed E-state index contributed by atoms with van der Waals surface area (Å²) in [5.41, 5.74) is -0.793. The summed E-state index contributed by atoms with van der Waals surface area (Å²) in [4.78, 5) is 13.0. The maximum absolute atomic E-state index is 13.5. The van der Waals surface area contributed by atoms with Crippen molar-refractivity contribution in [3.63, 3.8) is 0 Å². The van der Waals surface area contributed by atoms with Gasteiger partial charge in [-0.05, 0) is 37.3 Å². The van der Waals surface area contributed by atoms with Gasteiger partial charge in [0.15, 0.2) is 0 Å². The lowest BCUT2D eigenvalue weighted by Gasteiger charge is -2.50. The van der Waals surface area contributed by atoms with Crippen LogP contribution in [0.1, 0.15) is 35.4 Å². The number of carboxylic acid groups (broad SMARTS) is 1. The van der Waals surface area contributed by atoms with Crippen LogP contribution in [0.2, 0.25) is 0 Å². The normalized spacial score (nSPS) is 25.0. The molecule has 1 aromatic rings. The van der Waals surface area contributed by atoms with Gasteiger partial charge < -0.3 is 14.3 Å². The summed E-state index contributed by atoms with van der Waals surface area (Å²) in [6.07, 6.45) is -2.16. The number of carboxylic acids is 1. The highest BCUT2D eigenvalue weighted by Crippen LogP contribution is 2.51. The molecule has 8 heteroatoms. The van der Waals surface area contributed by atoms with Crippen LogP contribution in [0.15, 0.2) is 16.7 Å². The first-order chi connectivity index (χ1) is 11.3. The van der Waals surface area contributed by atoms with E-state index in [0.717, 1.165) is 0 Å². The second-order valence-corrected chi connectivity index (χ2v) is 6.63. The minimum Gasteiger partial charge on any atom is -0.478 e. The fourth-order valence-corrected chi connectivity index (χ4v) is 4.04. The zero-order valence-corrected chi connectivity index (χ0v) is 13.1. The standard InChI is InChI=1S/C16H20F3NO4/c17-16(18,19)13-1-5-20(10-15(13)3-7-23-8-4-15)9-12-11(14(21)22)2-6-24-12/h2,6,13H,1,3-5,7-10H2,(H,21,22). The van der Waals surface area contributed by atoms with Gasteiger partial charge in [-0.1, -0.05) is 0 Å². The van der Waals surface area contributed by atoms with E-state index in [9.17, 15) is 18.0 Å². The molecule has 134 valence electrons. The molecule has 0 aliphatic carbocycles. The molecule has 0 bridgehead atoms. The zero-order valence-electron chi connectivity index (χ0n) is 13.1. The van der Waals surface area contributed by atoms with Crippen LogP contribution in [-0.2, 0) is 11.3 Å². The van der Waals surface area contributed by atoms with Crippen molar-refractivity contribution in [3.05, 3.63) is 23.7 Å². The second kappa shape index (κ2) is 6.40. The number of likely N-dealkylation sites (tertiary alicyclic amines) is 1. The number of ether oxygens (including phenoxy) is 1. The molecule has 24 heavy (non-hydrogen) atoms. The molecule has 5 nitrogen and oxygen atoms in total. The lowest BCUT2D eigenvalue weighted by molar-refractivity contribution is -0.236. The second-order valence-electron chi connectivity index (χ2n) is 6.63. The van der Waals surface area contributed by atoms with Gasteiger partial charge in [-0.15, -0.1) is 0 Å². The average molecular weight is 347 g/mol. The minimum atomic E-state index is -4.22. The molecular formula is C16H20F3NO4. The molecule has 2 aliphatic heterocycles. The molecule has 3 heterocycles. The minimum absolute atomic E-state index is 0.0204. The molecule has 3 rings (SSSR count). The number of aromatic carboxylic acids is 1. The van der Waals surface area contributed by atoms with Crippen molar-refractivity contribution in [3.8, 4) is 0 Å². The Kier molecular flexibility index (Phi) is 4.61.